The predicted octanol–water partition coefficient (Wildman–Crippen LogP) is 1.59. The molecule has 112 valence electrons. The normalized spacial score (nSPS) is 16.6. The van der Waals surface area contributed by atoms with E-state index in [1.165, 1.54) is 0 Å². The van der Waals surface area contributed by atoms with Crippen LogP contribution in [0.1, 0.15) is 25.5 Å². The van der Waals surface area contributed by atoms with Gasteiger partial charge in [-0.3, -0.25) is 9.20 Å². The molecule has 6 nitrogen and oxygen atoms in total. The molecule has 0 saturated carbocycles. The molecule has 0 spiro atoms. The molecular weight excluding hydrogens is 334 g/mol. The van der Waals surface area contributed by atoms with Gasteiger partial charge in [0.15, 0.2) is 5.65 Å². The summed E-state index contributed by atoms with van der Waals surface area (Å²) in [6, 6.07) is 0.455. The Bertz CT molecular complexity index is 648. The van der Waals surface area contributed by atoms with E-state index in [2.05, 4.69) is 31.2 Å². The number of nitrogens with one attached hydrogen (secondary N) is 1. The van der Waals surface area contributed by atoms with Crippen LogP contribution in [-0.2, 0) is 11.3 Å². The topological polar surface area (TPSA) is 62.5 Å². The number of halogens is 1. The lowest BCUT2D eigenvalue weighted by Crippen LogP contribution is -2.44. The zero-order valence-electron chi connectivity index (χ0n) is 11.9. The minimum Gasteiger partial charge on any atom is -0.343 e. The molecule has 0 bridgehead atoms. The Morgan fingerprint density at radius 3 is 2.86 bits per heavy atom. The predicted molar refractivity (Wildman–Crippen MR) is 82.8 cm³/mol. The number of rotatable bonds is 3. The Morgan fingerprint density at radius 1 is 1.38 bits per heavy atom. The minimum absolute atomic E-state index is 0.174. The molecule has 2 aromatic heterocycles. The van der Waals surface area contributed by atoms with Crippen LogP contribution in [0.15, 0.2) is 23.2 Å². The maximum Gasteiger partial charge on any atom is 0.219 e. The molecule has 1 saturated heterocycles. The van der Waals surface area contributed by atoms with Crippen LogP contribution in [0, 0.1) is 0 Å². The summed E-state index contributed by atoms with van der Waals surface area (Å²) in [6.07, 6.45) is 7.56. The van der Waals surface area contributed by atoms with Crippen molar-refractivity contribution < 1.29 is 4.79 Å². The van der Waals surface area contributed by atoms with Crippen molar-refractivity contribution in [2.45, 2.75) is 32.4 Å². The van der Waals surface area contributed by atoms with Gasteiger partial charge in [-0.15, -0.1) is 0 Å². The number of carbonyl (C=O) groups excluding carboxylic acids is 1. The first kappa shape index (κ1) is 14.5. The molecule has 0 unspecified atom stereocenters. The zero-order valence-corrected chi connectivity index (χ0v) is 13.5. The van der Waals surface area contributed by atoms with Crippen LogP contribution in [0.3, 0.4) is 0 Å². The molecule has 3 rings (SSSR count). The molecule has 0 aromatic carbocycles. The van der Waals surface area contributed by atoms with Gasteiger partial charge in [0.1, 0.15) is 4.60 Å². The summed E-state index contributed by atoms with van der Waals surface area (Å²) in [5, 5.41) is 3.56. The highest BCUT2D eigenvalue weighted by Crippen LogP contribution is 2.13. The van der Waals surface area contributed by atoms with Crippen LogP contribution in [0.25, 0.3) is 5.65 Å². The fourth-order valence-electron chi connectivity index (χ4n) is 2.69. The van der Waals surface area contributed by atoms with Crippen molar-refractivity contribution in [1.82, 2.24) is 24.6 Å². The monoisotopic (exact) mass is 351 g/mol. The lowest BCUT2D eigenvalue weighted by Gasteiger charge is -2.31. The van der Waals surface area contributed by atoms with E-state index >= 15 is 0 Å². The average Bonchev–Trinajstić information content (AvgIpc) is 2.88. The van der Waals surface area contributed by atoms with Gasteiger partial charge in [0.05, 0.1) is 18.1 Å². The largest absolute Gasteiger partial charge is 0.343 e. The van der Waals surface area contributed by atoms with Gasteiger partial charge in [0.25, 0.3) is 0 Å². The highest BCUT2D eigenvalue weighted by Gasteiger charge is 2.20. The van der Waals surface area contributed by atoms with Crippen LogP contribution < -0.4 is 5.32 Å². The van der Waals surface area contributed by atoms with Crippen LogP contribution in [0.5, 0.6) is 0 Å². The zero-order chi connectivity index (χ0) is 14.8. The Labute approximate surface area is 131 Å². The van der Waals surface area contributed by atoms with Crippen LogP contribution in [-0.4, -0.2) is 44.3 Å². The van der Waals surface area contributed by atoms with Crippen LogP contribution in [0.2, 0.25) is 0 Å². The van der Waals surface area contributed by atoms with Gasteiger partial charge >= 0.3 is 0 Å². The van der Waals surface area contributed by atoms with Crippen molar-refractivity contribution in [2.75, 3.05) is 13.1 Å². The Kier molecular flexibility index (Phi) is 4.21. The fraction of sp³-hybridized carbons (Fsp3) is 0.500. The molecule has 1 N–H and O–H groups in total. The van der Waals surface area contributed by atoms with Crippen molar-refractivity contribution in [2.24, 2.45) is 0 Å². The smallest absolute Gasteiger partial charge is 0.219 e. The van der Waals surface area contributed by atoms with Crippen molar-refractivity contribution in [1.29, 1.82) is 0 Å². The summed E-state index contributed by atoms with van der Waals surface area (Å²) in [7, 11) is 0. The lowest BCUT2D eigenvalue weighted by molar-refractivity contribution is -0.129. The van der Waals surface area contributed by atoms with Crippen molar-refractivity contribution in [3.05, 3.63) is 28.9 Å². The second-order valence-corrected chi connectivity index (χ2v) is 6.16. The Balaban J connectivity index is 1.60. The molecule has 0 atom stereocenters. The number of carbonyl (C=O) groups is 1. The number of aromatic nitrogens is 3. The lowest BCUT2D eigenvalue weighted by atomic mass is 10.1. The summed E-state index contributed by atoms with van der Waals surface area (Å²) < 4.78 is 2.83. The summed E-state index contributed by atoms with van der Waals surface area (Å²) >= 11 is 3.38. The van der Waals surface area contributed by atoms with Gasteiger partial charge in [0, 0.05) is 38.8 Å². The number of hydrogen-bond acceptors (Lipinski definition) is 4. The number of hydrogen-bond donors (Lipinski definition) is 1. The maximum atomic E-state index is 11.3. The summed E-state index contributed by atoms with van der Waals surface area (Å²) in [5.74, 6) is 0.174. The first-order valence-corrected chi connectivity index (χ1v) is 7.89. The molecular formula is C14H18BrN5O. The molecule has 0 radical (unpaired) electrons. The van der Waals surface area contributed by atoms with Crippen LogP contribution >= 0.6 is 15.9 Å². The number of amides is 1. The second kappa shape index (κ2) is 6.11. The first-order valence-electron chi connectivity index (χ1n) is 7.10. The van der Waals surface area contributed by atoms with Gasteiger partial charge in [0.2, 0.25) is 5.91 Å². The standard InChI is InChI=1S/C14H18BrN5O/c1-10(21)19-4-2-11(3-5-19)16-6-12-7-18-14-8-17-13(15)9-20(12)14/h7-9,11,16H,2-6H2,1H3. The Hall–Kier alpha value is -1.47. The van der Waals surface area contributed by atoms with E-state index in [4.69, 9.17) is 0 Å². The number of likely N-dealkylation sites (tertiary alicyclic amines) is 1. The van der Waals surface area contributed by atoms with Gasteiger partial charge in [-0.1, -0.05) is 0 Å². The van der Waals surface area contributed by atoms with Gasteiger partial charge in [-0.25, -0.2) is 9.97 Å². The third-order valence-electron chi connectivity index (χ3n) is 3.95. The highest BCUT2D eigenvalue weighted by molar-refractivity contribution is 9.10. The van der Waals surface area contributed by atoms with E-state index in [0.29, 0.717) is 6.04 Å². The Morgan fingerprint density at radius 2 is 2.14 bits per heavy atom. The third kappa shape index (κ3) is 3.24. The molecule has 3 heterocycles. The van der Waals surface area contributed by atoms with Crippen LogP contribution in [0.4, 0.5) is 0 Å². The summed E-state index contributed by atoms with van der Waals surface area (Å²) in [4.78, 5) is 21.7. The van der Waals surface area contributed by atoms with Gasteiger partial charge in [-0.05, 0) is 28.8 Å². The van der Waals surface area contributed by atoms with E-state index in [9.17, 15) is 4.79 Å². The van der Waals surface area contributed by atoms with E-state index in [1.807, 2.05) is 21.7 Å². The molecule has 2 aromatic rings. The summed E-state index contributed by atoms with van der Waals surface area (Å²) in [5.41, 5.74) is 1.96. The molecule has 21 heavy (non-hydrogen) atoms. The minimum atomic E-state index is 0.174. The number of fused-ring (bicyclic) bond motifs is 1. The van der Waals surface area contributed by atoms with E-state index < -0.39 is 0 Å². The third-order valence-corrected chi connectivity index (χ3v) is 4.36. The van der Waals surface area contributed by atoms with Gasteiger partial charge in [-0.2, -0.15) is 0 Å². The van der Waals surface area contributed by atoms with Crippen molar-refractivity contribution in [3.8, 4) is 0 Å². The molecule has 1 aliphatic rings. The molecule has 1 aliphatic heterocycles. The summed E-state index contributed by atoms with van der Waals surface area (Å²) in [6.45, 7) is 4.09. The van der Waals surface area contributed by atoms with E-state index in [-0.39, 0.29) is 5.91 Å². The first-order chi connectivity index (χ1) is 10.1. The highest BCUT2D eigenvalue weighted by atomic mass is 79.9. The molecule has 0 aliphatic carbocycles. The molecule has 7 heteroatoms. The van der Waals surface area contributed by atoms with E-state index in [1.54, 1.807) is 13.1 Å². The quantitative estimate of drug-likeness (QED) is 0.911. The van der Waals surface area contributed by atoms with Crippen molar-refractivity contribution in [3.63, 3.8) is 0 Å². The fourth-order valence-corrected chi connectivity index (χ4v) is 3.00. The average molecular weight is 352 g/mol. The number of nitrogens with zero attached hydrogens (tertiary/aromatic N) is 4. The maximum absolute atomic E-state index is 11.3. The van der Waals surface area contributed by atoms with Crippen molar-refractivity contribution >= 4 is 27.5 Å². The second-order valence-electron chi connectivity index (χ2n) is 5.35. The van der Waals surface area contributed by atoms with Gasteiger partial charge < -0.3 is 10.2 Å². The molecule has 1 amide bonds. The SMILES string of the molecule is CC(=O)N1CCC(NCc2cnc3cnc(Br)cn23)CC1. The number of imidazole rings is 1. The van der Waals surface area contributed by atoms with E-state index in [0.717, 1.165) is 48.4 Å². The molecule has 1 fully saturated rings. The number of piperidine rings is 1.